The third-order valence-electron chi connectivity index (χ3n) is 6.51. The number of benzene rings is 2. The van der Waals surface area contributed by atoms with Crippen LogP contribution in [0.1, 0.15) is 28.1 Å². The molecule has 6 nitrogen and oxygen atoms in total. The largest absolute Gasteiger partial charge is 0.397 e. The number of thiophene rings is 1. The SMILES string of the molecule is Cc1ccc(-c2cc(-c3ccccc3)nc3sc(C(=O)N4CCC(C(N)=O)CC4)c(N)c23)cc1. The maximum absolute atomic E-state index is 13.4. The van der Waals surface area contributed by atoms with Gasteiger partial charge in [0, 0.05) is 30.0 Å². The highest BCUT2D eigenvalue weighted by molar-refractivity contribution is 7.21. The van der Waals surface area contributed by atoms with Gasteiger partial charge in [0.05, 0.1) is 11.4 Å². The first-order valence-corrected chi connectivity index (χ1v) is 12.2. The summed E-state index contributed by atoms with van der Waals surface area (Å²) >= 11 is 1.33. The number of carbonyl (C=O) groups is 2. The maximum atomic E-state index is 13.4. The number of nitrogen functional groups attached to an aromatic ring is 1. The average molecular weight is 471 g/mol. The van der Waals surface area contributed by atoms with Crippen LogP contribution in [-0.2, 0) is 4.79 Å². The zero-order valence-corrected chi connectivity index (χ0v) is 19.8. The molecule has 1 aliphatic rings. The molecule has 0 bridgehead atoms. The van der Waals surface area contributed by atoms with E-state index in [2.05, 4.69) is 37.3 Å². The minimum absolute atomic E-state index is 0.112. The van der Waals surface area contributed by atoms with Gasteiger partial charge >= 0.3 is 0 Å². The van der Waals surface area contributed by atoms with Gasteiger partial charge in [0.2, 0.25) is 5.91 Å². The van der Waals surface area contributed by atoms with Crippen LogP contribution < -0.4 is 11.5 Å². The Morgan fingerprint density at radius 1 is 1.00 bits per heavy atom. The second kappa shape index (κ2) is 8.91. The fraction of sp³-hybridized carbons (Fsp3) is 0.222. The number of fused-ring (bicyclic) bond motifs is 1. The van der Waals surface area contributed by atoms with Crippen molar-refractivity contribution in [3.8, 4) is 22.4 Å². The normalized spacial score (nSPS) is 14.4. The summed E-state index contributed by atoms with van der Waals surface area (Å²) in [6.07, 6.45) is 1.16. The van der Waals surface area contributed by atoms with Gasteiger partial charge in [0.25, 0.3) is 5.91 Å². The van der Waals surface area contributed by atoms with E-state index in [1.165, 1.54) is 16.9 Å². The summed E-state index contributed by atoms with van der Waals surface area (Å²) in [5, 5.41) is 0.809. The quantitative estimate of drug-likeness (QED) is 0.445. The van der Waals surface area contributed by atoms with Crippen molar-refractivity contribution >= 4 is 39.1 Å². The molecular formula is C27H26N4O2S. The number of pyridine rings is 1. The molecule has 0 aliphatic carbocycles. The summed E-state index contributed by atoms with van der Waals surface area (Å²) in [4.78, 5) is 32.8. The van der Waals surface area contributed by atoms with Crippen molar-refractivity contribution in [2.75, 3.05) is 18.8 Å². The van der Waals surface area contributed by atoms with Crippen molar-refractivity contribution in [1.29, 1.82) is 0 Å². The summed E-state index contributed by atoms with van der Waals surface area (Å²) in [5.41, 5.74) is 17.5. The predicted octanol–water partition coefficient (Wildman–Crippen LogP) is 4.86. The molecule has 1 saturated heterocycles. The van der Waals surface area contributed by atoms with Crippen molar-refractivity contribution in [2.45, 2.75) is 19.8 Å². The maximum Gasteiger partial charge on any atom is 0.266 e. The smallest absolute Gasteiger partial charge is 0.266 e. The number of primary amides is 1. The van der Waals surface area contributed by atoms with Crippen LogP contribution in [0.4, 0.5) is 5.69 Å². The predicted molar refractivity (Wildman–Crippen MR) is 137 cm³/mol. The topological polar surface area (TPSA) is 102 Å². The van der Waals surface area contributed by atoms with Gasteiger partial charge in [0.15, 0.2) is 0 Å². The van der Waals surface area contributed by atoms with E-state index in [4.69, 9.17) is 16.5 Å². The molecule has 2 aromatic carbocycles. The molecule has 0 radical (unpaired) electrons. The molecule has 2 aromatic heterocycles. The molecule has 0 unspecified atom stereocenters. The third-order valence-corrected chi connectivity index (χ3v) is 7.60. The lowest BCUT2D eigenvalue weighted by Gasteiger charge is -2.30. The Bertz CT molecular complexity index is 1370. The lowest BCUT2D eigenvalue weighted by molar-refractivity contribution is -0.123. The minimum Gasteiger partial charge on any atom is -0.397 e. The Morgan fingerprint density at radius 3 is 2.32 bits per heavy atom. The highest BCUT2D eigenvalue weighted by Crippen LogP contribution is 2.42. The number of rotatable bonds is 4. The molecule has 1 aliphatic heterocycles. The van der Waals surface area contributed by atoms with Gasteiger partial charge in [-0.3, -0.25) is 9.59 Å². The molecule has 172 valence electrons. The summed E-state index contributed by atoms with van der Waals surface area (Å²) in [5.74, 6) is -0.583. The van der Waals surface area contributed by atoms with Gasteiger partial charge in [-0.05, 0) is 37.0 Å². The van der Waals surface area contributed by atoms with Crippen LogP contribution >= 0.6 is 11.3 Å². The molecule has 1 fully saturated rings. The van der Waals surface area contributed by atoms with E-state index in [-0.39, 0.29) is 17.7 Å². The van der Waals surface area contributed by atoms with Gasteiger partial charge in [-0.1, -0.05) is 60.2 Å². The first-order valence-electron chi connectivity index (χ1n) is 11.4. The lowest BCUT2D eigenvalue weighted by Crippen LogP contribution is -2.41. The van der Waals surface area contributed by atoms with Gasteiger partial charge < -0.3 is 16.4 Å². The molecule has 0 saturated carbocycles. The van der Waals surface area contributed by atoms with Gasteiger partial charge in [-0.2, -0.15) is 0 Å². The fourth-order valence-corrected chi connectivity index (χ4v) is 5.60. The van der Waals surface area contributed by atoms with Crippen LogP contribution in [0, 0.1) is 12.8 Å². The number of carbonyl (C=O) groups excluding carboxylic acids is 2. The third kappa shape index (κ3) is 4.03. The van der Waals surface area contributed by atoms with Crippen LogP contribution in [-0.4, -0.2) is 34.8 Å². The molecule has 7 heteroatoms. The number of likely N-dealkylation sites (tertiary alicyclic amines) is 1. The van der Waals surface area contributed by atoms with Crippen LogP contribution in [0.3, 0.4) is 0 Å². The van der Waals surface area contributed by atoms with Gasteiger partial charge in [-0.15, -0.1) is 11.3 Å². The Morgan fingerprint density at radius 2 is 1.68 bits per heavy atom. The van der Waals surface area contributed by atoms with Crippen LogP contribution in [0.25, 0.3) is 32.6 Å². The van der Waals surface area contributed by atoms with Gasteiger partial charge in [0.1, 0.15) is 9.71 Å². The molecular weight excluding hydrogens is 444 g/mol. The molecule has 3 heterocycles. The molecule has 5 rings (SSSR count). The molecule has 4 aromatic rings. The standard InChI is InChI=1S/C27H26N4O2S/c1-16-7-9-17(10-8-16)20-15-21(18-5-3-2-4-6-18)30-26-22(20)23(28)24(34-26)27(33)31-13-11-19(12-14-31)25(29)32/h2-10,15,19H,11-14,28H2,1H3,(H2,29,32). The van der Waals surface area contributed by atoms with Crippen molar-refractivity contribution < 1.29 is 9.59 Å². The number of nitrogens with zero attached hydrogens (tertiary/aromatic N) is 2. The molecule has 0 spiro atoms. The molecule has 2 amide bonds. The monoisotopic (exact) mass is 470 g/mol. The first-order chi connectivity index (χ1) is 16.4. The number of hydrogen-bond donors (Lipinski definition) is 2. The zero-order chi connectivity index (χ0) is 23.8. The second-order valence-electron chi connectivity index (χ2n) is 8.78. The molecule has 34 heavy (non-hydrogen) atoms. The Labute approximate surface area is 202 Å². The van der Waals surface area contributed by atoms with Crippen LogP contribution in [0.2, 0.25) is 0 Å². The van der Waals surface area contributed by atoms with Crippen molar-refractivity contribution in [2.24, 2.45) is 11.7 Å². The van der Waals surface area contributed by atoms with E-state index in [0.717, 1.165) is 32.6 Å². The highest BCUT2D eigenvalue weighted by atomic mass is 32.1. The number of hydrogen-bond acceptors (Lipinski definition) is 5. The average Bonchev–Trinajstić information content (AvgIpc) is 3.20. The number of anilines is 1. The number of aryl methyl sites for hydroxylation is 1. The minimum atomic E-state index is -0.297. The summed E-state index contributed by atoms with van der Waals surface area (Å²) in [6, 6.07) is 20.3. The second-order valence-corrected chi connectivity index (χ2v) is 9.78. The van der Waals surface area contributed by atoms with E-state index >= 15 is 0 Å². The number of piperidine rings is 1. The van der Waals surface area contributed by atoms with Gasteiger partial charge in [-0.25, -0.2) is 4.98 Å². The summed E-state index contributed by atoms with van der Waals surface area (Å²) < 4.78 is 0. The van der Waals surface area contributed by atoms with E-state index in [0.29, 0.717) is 36.5 Å². The van der Waals surface area contributed by atoms with Crippen molar-refractivity contribution in [3.63, 3.8) is 0 Å². The van der Waals surface area contributed by atoms with Crippen molar-refractivity contribution in [1.82, 2.24) is 9.88 Å². The number of nitrogens with two attached hydrogens (primary N) is 2. The lowest BCUT2D eigenvalue weighted by atomic mass is 9.96. The number of aromatic nitrogens is 1. The van der Waals surface area contributed by atoms with E-state index < -0.39 is 0 Å². The molecule has 4 N–H and O–H groups in total. The van der Waals surface area contributed by atoms with Crippen LogP contribution in [0.5, 0.6) is 0 Å². The highest BCUT2D eigenvalue weighted by Gasteiger charge is 2.29. The Kier molecular flexibility index (Phi) is 5.79. The first kappa shape index (κ1) is 22.1. The Hall–Kier alpha value is -3.71. The van der Waals surface area contributed by atoms with E-state index in [1.807, 2.05) is 30.3 Å². The van der Waals surface area contributed by atoms with Crippen molar-refractivity contribution in [3.05, 3.63) is 71.1 Å². The number of amides is 2. The Balaban J connectivity index is 1.61. The zero-order valence-electron chi connectivity index (χ0n) is 19.0. The molecule has 0 atom stereocenters. The fourth-order valence-electron chi connectivity index (χ4n) is 4.51. The summed E-state index contributed by atoms with van der Waals surface area (Å²) in [7, 11) is 0. The van der Waals surface area contributed by atoms with Crippen LogP contribution in [0.15, 0.2) is 60.7 Å². The van der Waals surface area contributed by atoms with E-state index in [9.17, 15) is 9.59 Å². The van der Waals surface area contributed by atoms with E-state index in [1.54, 1.807) is 4.90 Å². The summed E-state index contributed by atoms with van der Waals surface area (Å²) in [6.45, 7) is 3.04.